The third-order valence-corrected chi connectivity index (χ3v) is 5.36. The van der Waals surface area contributed by atoms with Crippen LogP contribution in [0.5, 0.6) is 0 Å². The van der Waals surface area contributed by atoms with Crippen molar-refractivity contribution in [2.24, 2.45) is 4.99 Å². The second kappa shape index (κ2) is 10.0. The van der Waals surface area contributed by atoms with Crippen molar-refractivity contribution in [3.8, 4) is 0 Å². The van der Waals surface area contributed by atoms with E-state index < -0.39 is 9.84 Å². The van der Waals surface area contributed by atoms with Crippen molar-refractivity contribution in [2.75, 3.05) is 45.7 Å². The zero-order valence-corrected chi connectivity index (χ0v) is 16.2. The predicted octanol–water partition coefficient (Wildman–Crippen LogP) is 0.531. The summed E-state index contributed by atoms with van der Waals surface area (Å²) in [5.74, 6) is 0.762. The quantitative estimate of drug-likeness (QED) is 0.516. The molecule has 0 aromatic heterocycles. The third-order valence-electron chi connectivity index (χ3n) is 3.66. The Balaban J connectivity index is 2.47. The van der Waals surface area contributed by atoms with Crippen molar-refractivity contribution >= 4 is 21.7 Å². The van der Waals surface area contributed by atoms with Crippen LogP contribution in [0.3, 0.4) is 0 Å². The molecule has 1 rings (SSSR count). The number of sulfone groups is 1. The molecule has 0 unspecified atom stereocenters. The molecule has 0 fully saturated rings. The number of carbonyl (C=O) groups excluding carboxylic acids is 1. The molecule has 0 aliphatic carbocycles. The Kier molecular flexibility index (Phi) is 8.40. The maximum Gasteiger partial charge on any atom is 0.253 e. The Hall–Kier alpha value is -2.09. The van der Waals surface area contributed by atoms with Crippen molar-refractivity contribution < 1.29 is 13.2 Å². The van der Waals surface area contributed by atoms with E-state index in [-0.39, 0.29) is 17.4 Å². The molecule has 1 aromatic rings. The smallest absolute Gasteiger partial charge is 0.253 e. The summed E-state index contributed by atoms with van der Waals surface area (Å²) in [5, 5.41) is 6.13. The summed E-state index contributed by atoms with van der Waals surface area (Å²) >= 11 is 0. The average Bonchev–Trinajstić information content (AvgIpc) is 2.59. The van der Waals surface area contributed by atoms with Gasteiger partial charge >= 0.3 is 0 Å². The molecule has 0 bridgehead atoms. The molecule has 0 aliphatic heterocycles. The minimum Gasteiger partial charge on any atom is -0.356 e. The molecule has 2 N–H and O–H groups in total. The summed E-state index contributed by atoms with van der Waals surface area (Å²) in [7, 11) is 2.11. The molecule has 0 saturated carbocycles. The largest absolute Gasteiger partial charge is 0.356 e. The van der Waals surface area contributed by atoms with Gasteiger partial charge in [0.05, 0.1) is 5.75 Å². The predicted molar refractivity (Wildman–Crippen MR) is 102 cm³/mol. The summed E-state index contributed by atoms with van der Waals surface area (Å²) in [5.41, 5.74) is 1.71. The van der Waals surface area contributed by atoms with Crippen LogP contribution in [0.15, 0.2) is 29.3 Å². The van der Waals surface area contributed by atoms with E-state index in [2.05, 4.69) is 15.6 Å². The van der Waals surface area contributed by atoms with Crippen LogP contribution >= 0.6 is 0 Å². The Morgan fingerprint density at radius 3 is 2.48 bits per heavy atom. The third kappa shape index (κ3) is 7.55. The maximum absolute atomic E-state index is 12.0. The Bertz CT molecular complexity index is 700. The SMILES string of the molecule is CCS(=O)(=O)CCNC(=NC)NCCc1cccc(C(=O)N(C)C)c1. The zero-order valence-electron chi connectivity index (χ0n) is 15.4. The van der Waals surface area contributed by atoms with Gasteiger partial charge in [0, 0.05) is 45.5 Å². The van der Waals surface area contributed by atoms with Crippen molar-refractivity contribution in [3.05, 3.63) is 35.4 Å². The number of hydrogen-bond donors (Lipinski definition) is 2. The number of nitrogens with zero attached hydrogens (tertiary/aromatic N) is 2. The first kappa shape index (κ1) is 21.0. The number of aliphatic imine (C=N–C) groups is 1. The van der Waals surface area contributed by atoms with Gasteiger partial charge in [-0.2, -0.15) is 0 Å². The van der Waals surface area contributed by atoms with Crippen molar-refractivity contribution in [3.63, 3.8) is 0 Å². The van der Waals surface area contributed by atoms with Gasteiger partial charge in [-0.15, -0.1) is 0 Å². The van der Waals surface area contributed by atoms with Crippen LogP contribution < -0.4 is 10.6 Å². The van der Waals surface area contributed by atoms with Gasteiger partial charge in [0.2, 0.25) is 0 Å². The molecule has 8 heteroatoms. The summed E-state index contributed by atoms with van der Waals surface area (Å²) in [6.45, 7) is 2.58. The van der Waals surface area contributed by atoms with Crippen LogP contribution in [0.1, 0.15) is 22.8 Å². The summed E-state index contributed by atoms with van der Waals surface area (Å²) in [6, 6.07) is 7.52. The lowest BCUT2D eigenvalue weighted by Crippen LogP contribution is -2.40. The lowest BCUT2D eigenvalue weighted by atomic mass is 10.1. The van der Waals surface area contributed by atoms with Crippen LogP contribution in [-0.4, -0.2) is 70.9 Å². The summed E-state index contributed by atoms with van der Waals surface area (Å²) in [4.78, 5) is 17.6. The highest BCUT2D eigenvalue weighted by Gasteiger charge is 2.09. The van der Waals surface area contributed by atoms with E-state index in [1.54, 1.807) is 39.0 Å². The van der Waals surface area contributed by atoms with Gasteiger partial charge in [0.1, 0.15) is 0 Å². The first-order valence-corrected chi connectivity index (χ1v) is 10.1. The number of carbonyl (C=O) groups is 1. The van der Waals surface area contributed by atoms with Gasteiger partial charge < -0.3 is 15.5 Å². The number of benzene rings is 1. The van der Waals surface area contributed by atoms with E-state index in [1.165, 1.54) is 0 Å². The molecular weight excluding hydrogens is 340 g/mol. The fourth-order valence-electron chi connectivity index (χ4n) is 2.13. The van der Waals surface area contributed by atoms with Crippen molar-refractivity contribution in [1.29, 1.82) is 0 Å². The summed E-state index contributed by atoms with van der Waals surface area (Å²) < 4.78 is 22.9. The molecule has 0 radical (unpaired) electrons. The van der Waals surface area contributed by atoms with Crippen LogP contribution in [0.2, 0.25) is 0 Å². The molecule has 1 amide bonds. The van der Waals surface area contributed by atoms with Gasteiger partial charge in [0.25, 0.3) is 5.91 Å². The molecule has 0 atom stereocenters. The van der Waals surface area contributed by atoms with E-state index in [0.29, 0.717) is 24.6 Å². The second-order valence-electron chi connectivity index (χ2n) is 5.81. The van der Waals surface area contributed by atoms with Gasteiger partial charge in [0.15, 0.2) is 15.8 Å². The lowest BCUT2D eigenvalue weighted by molar-refractivity contribution is 0.0827. The molecule has 0 heterocycles. The molecular formula is C17H28N4O3S. The maximum atomic E-state index is 12.0. The molecule has 0 saturated heterocycles. The van der Waals surface area contributed by atoms with E-state index in [0.717, 1.165) is 12.0 Å². The topological polar surface area (TPSA) is 90.9 Å². The van der Waals surface area contributed by atoms with Gasteiger partial charge in [-0.3, -0.25) is 9.79 Å². The summed E-state index contributed by atoms with van der Waals surface area (Å²) in [6.07, 6.45) is 0.725. The van der Waals surface area contributed by atoms with E-state index in [1.807, 2.05) is 18.2 Å². The Morgan fingerprint density at radius 1 is 1.20 bits per heavy atom. The minimum atomic E-state index is -2.99. The molecule has 140 valence electrons. The Morgan fingerprint density at radius 2 is 1.88 bits per heavy atom. The number of nitrogens with one attached hydrogen (secondary N) is 2. The molecule has 7 nitrogen and oxygen atoms in total. The van der Waals surface area contributed by atoms with Gasteiger partial charge in [-0.1, -0.05) is 19.1 Å². The zero-order chi connectivity index (χ0) is 18.9. The average molecular weight is 369 g/mol. The highest BCUT2D eigenvalue weighted by atomic mass is 32.2. The standard InChI is InChI=1S/C17H28N4O3S/c1-5-25(23,24)12-11-20-17(18-2)19-10-9-14-7-6-8-15(13-14)16(22)21(3)4/h6-8,13H,5,9-12H2,1-4H3,(H2,18,19,20). The number of guanidine groups is 1. The monoisotopic (exact) mass is 368 g/mol. The van der Waals surface area contributed by atoms with Crippen LogP contribution in [0, 0.1) is 0 Å². The first-order valence-electron chi connectivity index (χ1n) is 8.24. The van der Waals surface area contributed by atoms with Gasteiger partial charge in [-0.05, 0) is 24.1 Å². The van der Waals surface area contributed by atoms with Crippen molar-refractivity contribution in [1.82, 2.24) is 15.5 Å². The highest BCUT2D eigenvalue weighted by molar-refractivity contribution is 7.91. The molecule has 1 aromatic carbocycles. The molecule has 0 aliphatic rings. The highest BCUT2D eigenvalue weighted by Crippen LogP contribution is 2.07. The second-order valence-corrected chi connectivity index (χ2v) is 8.28. The van der Waals surface area contributed by atoms with Crippen LogP contribution in [0.4, 0.5) is 0 Å². The van der Waals surface area contributed by atoms with E-state index in [9.17, 15) is 13.2 Å². The van der Waals surface area contributed by atoms with Gasteiger partial charge in [-0.25, -0.2) is 8.42 Å². The lowest BCUT2D eigenvalue weighted by Gasteiger charge is -2.13. The van der Waals surface area contributed by atoms with Crippen LogP contribution in [-0.2, 0) is 16.3 Å². The van der Waals surface area contributed by atoms with Crippen LogP contribution in [0.25, 0.3) is 0 Å². The fraction of sp³-hybridized carbons (Fsp3) is 0.529. The molecule has 25 heavy (non-hydrogen) atoms. The fourth-order valence-corrected chi connectivity index (χ4v) is 2.83. The molecule has 0 spiro atoms. The van der Waals surface area contributed by atoms with E-state index >= 15 is 0 Å². The number of rotatable bonds is 8. The normalized spacial score (nSPS) is 11.9. The number of hydrogen-bond acceptors (Lipinski definition) is 4. The number of amides is 1. The first-order chi connectivity index (χ1) is 11.8. The minimum absolute atomic E-state index is 0.0237. The Labute approximate surface area is 150 Å². The van der Waals surface area contributed by atoms with E-state index in [4.69, 9.17) is 0 Å². The van der Waals surface area contributed by atoms with Crippen molar-refractivity contribution in [2.45, 2.75) is 13.3 Å².